The average molecular weight is 213 g/mol. The van der Waals surface area contributed by atoms with Crippen molar-refractivity contribution in [2.75, 3.05) is 0 Å². The van der Waals surface area contributed by atoms with Crippen molar-refractivity contribution < 1.29 is 24.6 Å². The normalized spacial score (nSPS) is 36.1. The van der Waals surface area contributed by atoms with Crippen LogP contribution in [-0.4, -0.2) is 51.0 Å². The number of aliphatic hydroxyl groups excluding tert-OH is 1. The molecule has 4 atom stereocenters. The number of ketones is 1. The molecule has 0 saturated carbocycles. The van der Waals surface area contributed by atoms with Gasteiger partial charge in [0.05, 0.1) is 18.1 Å². The van der Waals surface area contributed by atoms with Crippen LogP contribution in [-0.2, 0) is 14.4 Å². The molecule has 0 aliphatic carbocycles. The zero-order chi connectivity index (χ0) is 11.3. The molecule has 0 bridgehead atoms. The summed E-state index contributed by atoms with van der Waals surface area (Å²) in [5, 5.41) is 18.2. The maximum Gasteiger partial charge on any atom is 0.334 e. The first-order valence-electron chi connectivity index (χ1n) is 4.71. The van der Waals surface area contributed by atoms with Gasteiger partial charge in [-0.25, -0.2) is 4.79 Å². The van der Waals surface area contributed by atoms with Gasteiger partial charge in [-0.2, -0.15) is 0 Å². The molecule has 2 aliphatic rings. The van der Waals surface area contributed by atoms with Crippen LogP contribution in [0, 0.1) is 5.92 Å². The first-order chi connectivity index (χ1) is 6.95. The standard InChI is InChI=1S/C9H11NO5/c1-3(11)6-4-2-5(12)10(4)7(8(6)13)9(14)15/h3-4,6-7,11H,2H2,1H3,(H,14,15)/t3-,4-,6?,7-/m1/s1. The number of carboxylic acid groups (broad SMARTS) is 1. The minimum Gasteiger partial charge on any atom is -0.479 e. The number of aliphatic hydroxyl groups is 1. The van der Waals surface area contributed by atoms with Gasteiger partial charge in [-0.05, 0) is 6.92 Å². The molecule has 2 fully saturated rings. The van der Waals surface area contributed by atoms with Crippen LogP contribution < -0.4 is 0 Å². The molecule has 0 spiro atoms. The Hall–Kier alpha value is -1.43. The van der Waals surface area contributed by atoms with Gasteiger partial charge in [0.15, 0.2) is 11.8 Å². The zero-order valence-electron chi connectivity index (χ0n) is 8.08. The monoisotopic (exact) mass is 213 g/mol. The lowest BCUT2D eigenvalue weighted by Crippen LogP contribution is -2.56. The molecule has 0 aromatic carbocycles. The molecule has 2 N–H and O–H groups in total. The predicted molar refractivity (Wildman–Crippen MR) is 46.9 cm³/mol. The number of carbonyl (C=O) groups is 3. The van der Waals surface area contributed by atoms with Crippen molar-refractivity contribution >= 4 is 17.7 Å². The summed E-state index contributed by atoms with van der Waals surface area (Å²) in [6.45, 7) is 1.44. The molecule has 0 aromatic rings. The lowest BCUT2D eigenvalue weighted by molar-refractivity contribution is -0.158. The molecule has 2 heterocycles. The highest BCUT2D eigenvalue weighted by molar-refractivity contribution is 6.11. The lowest BCUT2D eigenvalue weighted by Gasteiger charge is -2.38. The summed E-state index contributed by atoms with van der Waals surface area (Å²) >= 11 is 0. The highest BCUT2D eigenvalue weighted by atomic mass is 16.4. The lowest BCUT2D eigenvalue weighted by atomic mass is 9.88. The van der Waals surface area contributed by atoms with E-state index in [4.69, 9.17) is 5.11 Å². The molecular formula is C9H11NO5. The molecule has 1 amide bonds. The van der Waals surface area contributed by atoms with Gasteiger partial charge >= 0.3 is 5.97 Å². The van der Waals surface area contributed by atoms with Crippen LogP contribution in [0.25, 0.3) is 0 Å². The van der Waals surface area contributed by atoms with Crippen LogP contribution in [0.15, 0.2) is 0 Å². The van der Waals surface area contributed by atoms with Gasteiger partial charge in [0.1, 0.15) is 0 Å². The number of Topliss-reactive ketones (excluding diaryl/α,β-unsaturated/α-hetero) is 1. The van der Waals surface area contributed by atoms with Crippen LogP contribution >= 0.6 is 0 Å². The Morgan fingerprint density at radius 2 is 2.13 bits per heavy atom. The first-order valence-corrected chi connectivity index (χ1v) is 4.71. The average Bonchev–Trinajstić information content (AvgIpc) is 2.34. The number of fused-ring (bicyclic) bond motifs is 1. The number of β-lactam (4-membered cyclic amide) rings is 1. The third-order valence-corrected chi connectivity index (χ3v) is 3.07. The minimum atomic E-state index is -1.39. The predicted octanol–water partition coefficient (Wildman–Crippen LogP) is -1.38. The van der Waals surface area contributed by atoms with E-state index >= 15 is 0 Å². The third-order valence-electron chi connectivity index (χ3n) is 3.07. The van der Waals surface area contributed by atoms with E-state index < -0.39 is 35.9 Å². The van der Waals surface area contributed by atoms with Gasteiger partial charge in [-0.15, -0.1) is 0 Å². The summed E-state index contributed by atoms with van der Waals surface area (Å²) < 4.78 is 0. The van der Waals surface area contributed by atoms with Crippen molar-refractivity contribution in [3.05, 3.63) is 0 Å². The smallest absolute Gasteiger partial charge is 0.334 e. The quantitative estimate of drug-likeness (QED) is 0.435. The molecular weight excluding hydrogens is 202 g/mol. The topological polar surface area (TPSA) is 94.9 Å². The number of aliphatic carboxylic acids is 1. The van der Waals surface area contributed by atoms with Crippen LogP contribution in [0.4, 0.5) is 0 Å². The SMILES string of the molecule is C[C@@H](O)C1C(=O)[C@H](C(=O)O)N2C(=O)C[C@H]12. The third kappa shape index (κ3) is 1.18. The van der Waals surface area contributed by atoms with Crippen molar-refractivity contribution in [3.8, 4) is 0 Å². The molecule has 1 unspecified atom stereocenters. The Labute approximate surface area is 85.5 Å². The highest BCUT2D eigenvalue weighted by Crippen LogP contribution is 2.38. The van der Waals surface area contributed by atoms with Crippen LogP contribution in [0.3, 0.4) is 0 Å². The summed E-state index contributed by atoms with van der Waals surface area (Å²) in [4.78, 5) is 34.7. The minimum absolute atomic E-state index is 0.158. The number of carboxylic acids is 1. The van der Waals surface area contributed by atoms with Crippen molar-refractivity contribution in [2.24, 2.45) is 5.92 Å². The Balaban J connectivity index is 2.32. The number of hydrogen-bond donors (Lipinski definition) is 2. The molecule has 2 rings (SSSR count). The van der Waals surface area contributed by atoms with Gasteiger partial charge in [-0.1, -0.05) is 0 Å². The van der Waals surface area contributed by atoms with E-state index in [1.807, 2.05) is 0 Å². The molecule has 0 radical (unpaired) electrons. The van der Waals surface area contributed by atoms with E-state index in [0.717, 1.165) is 4.90 Å². The first kappa shape index (κ1) is 10.1. The summed E-state index contributed by atoms with van der Waals surface area (Å²) in [5.41, 5.74) is 0. The number of nitrogens with zero attached hydrogens (tertiary/aromatic N) is 1. The van der Waals surface area contributed by atoms with Crippen molar-refractivity contribution in [2.45, 2.75) is 31.5 Å². The van der Waals surface area contributed by atoms with Gasteiger partial charge in [0.25, 0.3) is 0 Å². The Morgan fingerprint density at radius 3 is 2.47 bits per heavy atom. The summed E-state index contributed by atoms with van der Waals surface area (Å²) in [6, 6.07) is -1.82. The van der Waals surface area contributed by atoms with E-state index in [1.54, 1.807) is 0 Å². The van der Waals surface area contributed by atoms with Crippen molar-refractivity contribution in [1.29, 1.82) is 0 Å². The van der Waals surface area contributed by atoms with Crippen molar-refractivity contribution in [1.82, 2.24) is 4.90 Å². The number of rotatable bonds is 2. The highest BCUT2D eigenvalue weighted by Gasteiger charge is 2.60. The second-order valence-corrected chi connectivity index (χ2v) is 3.98. The Kier molecular flexibility index (Phi) is 2.04. The molecule has 82 valence electrons. The van der Waals surface area contributed by atoms with E-state index in [0.29, 0.717) is 0 Å². The largest absolute Gasteiger partial charge is 0.479 e. The Morgan fingerprint density at radius 1 is 1.53 bits per heavy atom. The zero-order valence-corrected chi connectivity index (χ0v) is 8.08. The van der Waals surface area contributed by atoms with Gasteiger partial charge < -0.3 is 15.1 Å². The fourth-order valence-electron chi connectivity index (χ4n) is 2.40. The number of carbonyl (C=O) groups excluding carboxylic acids is 2. The van der Waals surface area contributed by atoms with Crippen molar-refractivity contribution in [3.63, 3.8) is 0 Å². The second-order valence-electron chi connectivity index (χ2n) is 3.98. The van der Waals surface area contributed by atoms with Gasteiger partial charge in [-0.3, -0.25) is 9.59 Å². The maximum atomic E-state index is 11.7. The van der Waals surface area contributed by atoms with Crippen LogP contribution in [0.2, 0.25) is 0 Å². The Bertz CT molecular complexity index is 350. The number of amides is 1. The molecule has 6 heteroatoms. The molecule has 2 aliphatic heterocycles. The molecule has 6 nitrogen and oxygen atoms in total. The fourth-order valence-corrected chi connectivity index (χ4v) is 2.40. The van der Waals surface area contributed by atoms with E-state index in [2.05, 4.69) is 0 Å². The number of hydrogen-bond acceptors (Lipinski definition) is 4. The summed E-state index contributed by atoms with van der Waals surface area (Å²) in [7, 11) is 0. The summed E-state index contributed by atoms with van der Waals surface area (Å²) in [5.74, 6) is -2.96. The van der Waals surface area contributed by atoms with Gasteiger partial charge in [0.2, 0.25) is 5.91 Å². The van der Waals surface area contributed by atoms with E-state index in [-0.39, 0.29) is 12.3 Å². The molecule has 15 heavy (non-hydrogen) atoms. The van der Waals surface area contributed by atoms with Gasteiger partial charge in [0, 0.05) is 6.42 Å². The van der Waals surface area contributed by atoms with Crippen LogP contribution in [0.1, 0.15) is 13.3 Å². The molecule has 2 saturated heterocycles. The fraction of sp³-hybridized carbons (Fsp3) is 0.667. The van der Waals surface area contributed by atoms with E-state index in [1.165, 1.54) is 6.92 Å². The second kappa shape index (κ2) is 3.03. The van der Waals surface area contributed by atoms with Crippen LogP contribution in [0.5, 0.6) is 0 Å². The maximum absolute atomic E-state index is 11.7. The summed E-state index contributed by atoms with van der Waals surface area (Å²) in [6.07, 6.45) is -0.757. The molecule has 0 aromatic heterocycles. The van der Waals surface area contributed by atoms with E-state index in [9.17, 15) is 19.5 Å².